The van der Waals surface area contributed by atoms with Gasteiger partial charge in [0.05, 0.1) is 11.7 Å². The first-order chi connectivity index (χ1) is 15.0. The van der Waals surface area contributed by atoms with E-state index in [-0.39, 0.29) is 30.2 Å². The molecule has 2 saturated heterocycles. The number of carbonyl (C=O) groups is 1. The lowest BCUT2D eigenvalue weighted by atomic mass is 9.57. The van der Waals surface area contributed by atoms with Crippen LogP contribution >= 0.6 is 0 Å². The first-order valence-corrected chi connectivity index (χ1v) is 13.0. The summed E-state index contributed by atoms with van der Waals surface area (Å²) in [4.78, 5) is 14.6. The lowest BCUT2D eigenvalue weighted by Gasteiger charge is -2.53. The zero-order valence-electron chi connectivity index (χ0n) is 20.9. The van der Waals surface area contributed by atoms with Crippen LogP contribution in [0.15, 0.2) is 0 Å². The minimum absolute atomic E-state index is 0.0414. The molecular weight excluding hydrogens is 403 g/mol. The van der Waals surface area contributed by atoms with Crippen LogP contribution in [-0.2, 0) is 14.1 Å². The van der Waals surface area contributed by atoms with Gasteiger partial charge in [0, 0.05) is 12.5 Å². The van der Waals surface area contributed by atoms with Crippen molar-refractivity contribution in [2.75, 3.05) is 19.6 Å². The van der Waals surface area contributed by atoms with E-state index < -0.39 is 11.5 Å². The van der Waals surface area contributed by atoms with Gasteiger partial charge in [-0.25, -0.2) is 0 Å². The third kappa shape index (κ3) is 4.28. The Morgan fingerprint density at radius 1 is 1.19 bits per heavy atom. The van der Waals surface area contributed by atoms with Gasteiger partial charge in [-0.15, -0.1) is 0 Å². The third-order valence-corrected chi connectivity index (χ3v) is 10.3. The molecule has 2 aliphatic heterocycles. The summed E-state index contributed by atoms with van der Waals surface area (Å²) in [6, 6.07) is 0. The lowest BCUT2D eigenvalue weighted by molar-refractivity contribution is -0.148. The summed E-state index contributed by atoms with van der Waals surface area (Å²) in [5.74, 6) is 0.542. The van der Waals surface area contributed by atoms with Gasteiger partial charge in [0.1, 0.15) is 5.54 Å². The van der Waals surface area contributed by atoms with Crippen molar-refractivity contribution in [1.82, 2.24) is 4.90 Å². The summed E-state index contributed by atoms with van der Waals surface area (Å²) in [6.45, 7) is 14.6. The quantitative estimate of drug-likeness (QED) is 0.597. The maximum Gasteiger partial charge on any atom is 0.457 e. The van der Waals surface area contributed by atoms with Crippen LogP contribution in [0, 0.1) is 29.1 Å². The van der Waals surface area contributed by atoms with Gasteiger partial charge in [0.2, 0.25) is 0 Å². The van der Waals surface area contributed by atoms with E-state index in [0.717, 1.165) is 51.6 Å². The van der Waals surface area contributed by atoms with E-state index in [0.29, 0.717) is 24.2 Å². The summed E-state index contributed by atoms with van der Waals surface area (Å²) in [5.41, 5.74) is 5.45. The Bertz CT molecular complexity index is 699. The van der Waals surface area contributed by atoms with Gasteiger partial charge in [0.15, 0.2) is 0 Å². The molecule has 0 aromatic heterocycles. The Morgan fingerprint density at radius 3 is 2.53 bits per heavy atom. The van der Waals surface area contributed by atoms with Crippen LogP contribution in [-0.4, -0.2) is 60.0 Å². The number of nitrogens with two attached hydrogens (primary N) is 1. The Morgan fingerprint density at radius 2 is 1.88 bits per heavy atom. The molecule has 4 rings (SSSR count). The van der Waals surface area contributed by atoms with Gasteiger partial charge in [-0.3, -0.25) is 4.79 Å². The molecule has 0 radical (unpaired) electrons. The molecule has 32 heavy (non-hydrogen) atoms. The first-order valence-electron chi connectivity index (χ1n) is 13.0. The van der Waals surface area contributed by atoms with Crippen LogP contribution in [0.4, 0.5) is 0 Å². The fraction of sp³-hybridized carbons (Fsp3) is 0.960. The molecule has 0 spiro atoms. The number of rotatable bonds is 6. The molecule has 7 heteroatoms. The molecule has 0 aromatic rings. The summed E-state index contributed by atoms with van der Waals surface area (Å²) in [7, 11) is -0.187. The largest absolute Gasteiger partial charge is 0.480 e. The monoisotopic (exact) mass is 448 g/mol. The molecule has 0 bridgehead atoms. The van der Waals surface area contributed by atoms with Crippen LogP contribution in [0.25, 0.3) is 0 Å². The van der Waals surface area contributed by atoms with Gasteiger partial charge >= 0.3 is 13.1 Å². The second-order valence-corrected chi connectivity index (χ2v) is 12.3. The molecule has 0 aromatic carbocycles. The van der Waals surface area contributed by atoms with Crippen molar-refractivity contribution in [3.05, 3.63) is 0 Å². The maximum absolute atomic E-state index is 12.2. The zero-order valence-corrected chi connectivity index (χ0v) is 20.9. The molecule has 4 aliphatic rings. The lowest BCUT2D eigenvalue weighted by Crippen LogP contribution is -2.59. The standard InChI is InChI=1S/C25H45BN2O4/c1-17-14-21-24(5,18(2)23(17,3)4)32-26(31-21)11-10-19-8-9-20(16-28-12-6-7-13-28)25(27,15-19)22(29)30/h17-21H,6-16,27H2,1-5H3,(H,29,30)/t17-,18-,19+,20+,21+,24-,25-/m1/s1. The molecule has 0 amide bonds. The van der Waals surface area contributed by atoms with Crippen molar-refractivity contribution in [3.8, 4) is 0 Å². The van der Waals surface area contributed by atoms with Crippen LogP contribution < -0.4 is 5.73 Å². The normalized spacial score (nSPS) is 44.6. The highest BCUT2D eigenvalue weighted by molar-refractivity contribution is 6.45. The number of hydrogen-bond donors (Lipinski definition) is 2. The predicted octanol–water partition coefficient (Wildman–Crippen LogP) is 4.04. The van der Waals surface area contributed by atoms with E-state index in [1.54, 1.807) is 0 Å². The summed E-state index contributed by atoms with van der Waals surface area (Å²) in [6.07, 6.45) is 7.89. The number of carboxylic acid groups (broad SMARTS) is 1. The van der Waals surface area contributed by atoms with E-state index in [1.165, 1.54) is 12.8 Å². The topological polar surface area (TPSA) is 85.0 Å². The molecule has 0 unspecified atom stereocenters. The van der Waals surface area contributed by atoms with E-state index in [4.69, 9.17) is 15.0 Å². The predicted molar refractivity (Wildman–Crippen MR) is 127 cm³/mol. The SMILES string of the molecule is C[C@@H]1C[C@@H]2OB(CC[C@@H]3CC[C@@H](CN4CCCC4)[C@@](N)(C(=O)O)C3)O[C@]2(C)[C@H](C)C1(C)C. The van der Waals surface area contributed by atoms with Crippen molar-refractivity contribution < 1.29 is 19.2 Å². The highest BCUT2D eigenvalue weighted by Crippen LogP contribution is 2.54. The van der Waals surface area contributed by atoms with Crippen molar-refractivity contribution in [1.29, 1.82) is 0 Å². The summed E-state index contributed by atoms with van der Waals surface area (Å²) < 4.78 is 13.0. The van der Waals surface area contributed by atoms with Gasteiger partial charge in [-0.2, -0.15) is 0 Å². The van der Waals surface area contributed by atoms with Gasteiger partial charge in [0.25, 0.3) is 0 Å². The fourth-order valence-corrected chi connectivity index (χ4v) is 7.14. The molecule has 3 N–H and O–H groups in total. The zero-order chi connectivity index (χ0) is 23.3. The van der Waals surface area contributed by atoms with Crippen LogP contribution in [0.5, 0.6) is 0 Å². The molecule has 182 valence electrons. The maximum atomic E-state index is 12.2. The fourth-order valence-electron chi connectivity index (χ4n) is 7.14. The van der Waals surface area contributed by atoms with Crippen molar-refractivity contribution in [2.24, 2.45) is 34.8 Å². The molecule has 2 heterocycles. The second kappa shape index (κ2) is 8.86. The smallest absolute Gasteiger partial charge is 0.457 e. The van der Waals surface area contributed by atoms with Crippen LogP contribution in [0.2, 0.25) is 6.32 Å². The van der Waals surface area contributed by atoms with Crippen molar-refractivity contribution in [2.45, 2.75) is 103 Å². The van der Waals surface area contributed by atoms with E-state index in [9.17, 15) is 9.90 Å². The number of fused-ring (bicyclic) bond motifs is 1. The molecule has 4 fully saturated rings. The minimum atomic E-state index is -1.11. The molecule has 6 nitrogen and oxygen atoms in total. The number of nitrogens with zero attached hydrogens (tertiary/aromatic N) is 1. The highest BCUT2D eigenvalue weighted by atomic mass is 16.7. The molecule has 2 aliphatic carbocycles. The first kappa shape index (κ1) is 24.5. The Labute approximate surface area is 195 Å². The Balaban J connectivity index is 1.34. The summed E-state index contributed by atoms with van der Waals surface area (Å²) >= 11 is 0. The Hall–Kier alpha value is -0.625. The van der Waals surface area contributed by atoms with E-state index >= 15 is 0 Å². The van der Waals surface area contributed by atoms with Crippen molar-refractivity contribution >= 4 is 13.1 Å². The molecule has 2 saturated carbocycles. The number of carboxylic acids is 1. The average Bonchev–Trinajstić information content (AvgIpc) is 3.35. The van der Waals surface area contributed by atoms with Gasteiger partial charge < -0.3 is 25.0 Å². The highest BCUT2D eigenvalue weighted by Gasteiger charge is 2.59. The van der Waals surface area contributed by atoms with Gasteiger partial charge in [-0.05, 0) is 88.0 Å². The van der Waals surface area contributed by atoms with Gasteiger partial charge in [-0.1, -0.05) is 34.1 Å². The van der Waals surface area contributed by atoms with E-state index in [2.05, 4.69) is 39.5 Å². The summed E-state index contributed by atoms with van der Waals surface area (Å²) in [5, 5.41) is 10.0. The number of hydrogen-bond acceptors (Lipinski definition) is 5. The minimum Gasteiger partial charge on any atom is -0.480 e. The van der Waals surface area contributed by atoms with Crippen LogP contribution in [0.1, 0.15) is 79.6 Å². The number of aliphatic carboxylic acids is 1. The van der Waals surface area contributed by atoms with Crippen LogP contribution in [0.3, 0.4) is 0 Å². The molecule has 7 atom stereocenters. The van der Waals surface area contributed by atoms with Crippen molar-refractivity contribution in [3.63, 3.8) is 0 Å². The third-order valence-electron chi connectivity index (χ3n) is 10.3. The van der Waals surface area contributed by atoms with E-state index in [1.807, 2.05) is 0 Å². The average molecular weight is 448 g/mol. The number of likely N-dealkylation sites (tertiary alicyclic amines) is 1. The second-order valence-electron chi connectivity index (χ2n) is 12.3. The molecular formula is C25H45BN2O4. The Kier molecular flexibility index (Phi) is 6.79.